The van der Waals surface area contributed by atoms with Crippen LogP contribution in [0.15, 0.2) is 0 Å². The van der Waals surface area contributed by atoms with Crippen LogP contribution in [0.5, 0.6) is 0 Å². The maximum absolute atomic E-state index is 12.0. The molecule has 1 heterocycles. The summed E-state index contributed by atoms with van der Waals surface area (Å²) in [6.45, 7) is 12.5. The number of amides is 1. The van der Waals surface area contributed by atoms with Gasteiger partial charge in [-0.1, -0.05) is 20.8 Å². The van der Waals surface area contributed by atoms with E-state index in [1.807, 2.05) is 41.5 Å². The van der Waals surface area contributed by atoms with Gasteiger partial charge in [-0.15, -0.1) is 0 Å². The van der Waals surface area contributed by atoms with Gasteiger partial charge in [0.2, 0.25) is 0 Å². The molecule has 0 aromatic carbocycles. The van der Waals surface area contributed by atoms with Crippen molar-refractivity contribution >= 4 is 11.9 Å². The first-order chi connectivity index (χ1) is 8.10. The Balaban J connectivity index is 2.75. The predicted octanol–water partition coefficient (Wildman–Crippen LogP) is 2.86. The fraction of sp³-hybridized carbons (Fsp3) is 0.857. The maximum Gasteiger partial charge on any atom is 0.410 e. The third-order valence-corrected chi connectivity index (χ3v) is 3.71. The highest BCUT2D eigenvalue weighted by atomic mass is 16.6. The summed E-state index contributed by atoms with van der Waals surface area (Å²) in [5, 5.41) is 0. The lowest BCUT2D eigenvalue weighted by Crippen LogP contribution is -2.38. The molecule has 1 saturated heterocycles. The molecule has 0 radical (unpaired) electrons. The number of ether oxygens (including phenoxy) is 1. The number of Topliss-reactive ketones (excluding diaryl/α,β-unsaturated/α-hetero) is 1. The zero-order valence-corrected chi connectivity index (χ0v) is 12.4. The Kier molecular flexibility index (Phi) is 4.08. The zero-order valence-electron chi connectivity index (χ0n) is 12.4. The molecule has 1 aliphatic heterocycles. The van der Waals surface area contributed by atoms with Crippen LogP contribution in [0, 0.1) is 11.3 Å². The van der Waals surface area contributed by atoms with E-state index in [0.717, 1.165) is 0 Å². The monoisotopic (exact) mass is 255 g/mol. The molecule has 0 bridgehead atoms. The molecule has 0 aromatic heterocycles. The van der Waals surface area contributed by atoms with Crippen molar-refractivity contribution in [1.82, 2.24) is 4.90 Å². The molecule has 1 amide bonds. The van der Waals surface area contributed by atoms with E-state index in [1.54, 1.807) is 4.90 Å². The van der Waals surface area contributed by atoms with Crippen molar-refractivity contribution in [2.24, 2.45) is 11.3 Å². The second kappa shape index (κ2) is 4.90. The SMILES string of the molecule is CCC(=O)C1(C)CN(C(=O)OC(C)(C)C)CC1C. The van der Waals surface area contributed by atoms with Crippen molar-refractivity contribution < 1.29 is 14.3 Å². The van der Waals surface area contributed by atoms with Crippen LogP contribution in [0.2, 0.25) is 0 Å². The van der Waals surface area contributed by atoms with Crippen molar-refractivity contribution in [3.63, 3.8) is 0 Å². The molecule has 2 atom stereocenters. The molecule has 1 fully saturated rings. The van der Waals surface area contributed by atoms with Crippen molar-refractivity contribution in [3.8, 4) is 0 Å². The van der Waals surface area contributed by atoms with Crippen LogP contribution in [0.4, 0.5) is 4.79 Å². The van der Waals surface area contributed by atoms with Crippen LogP contribution < -0.4 is 0 Å². The topological polar surface area (TPSA) is 46.6 Å². The Morgan fingerprint density at radius 2 is 1.94 bits per heavy atom. The summed E-state index contributed by atoms with van der Waals surface area (Å²) in [5.41, 5.74) is -0.917. The Labute approximate surface area is 110 Å². The summed E-state index contributed by atoms with van der Waals surface area (Å²) >= 11 is 0. The number of nitrogens with zero attached hydrogens (tertiary/aromatic N) is 1. The largest absolute Gasteiger partial charge is 0.444 e. The highest BCUT2D eigenvalue weighted by Gasteiger charge is 2.47. The minimum Gasteiger partial charge on any atom is -0.444 e. The van der Waals surface area contributed by atoms with Crippen LogP contribution in [0.25, 0.3) is 0 Å². The van der Waals surface area contributed by atoms with Crippen molar-refractivity contribution in [3.05, 3.63) is 0 Å². The van der Waals surface area contributed by atoms with E-state index in [0.29, 0.717) is 19.5 Å². The van der Waals surface area contributed by atoms with E-state index >= 15 is 0 Å². The molecular weight excluding hydrogens is 230 g/mol. The van der Waals surface area contributed by atoms with E-state index in [9.17, 15) is 9.59 Å². The van der Waals surface area contributed by atoms with Gasteiger partial charge >= 0.3 is 6.09 Å². The number of carbonyl (C=O) groups is 2. The fourth-order valence-electron chi connectivity index (χ4n) is 2.38. The van der Waals surface area contributed by atoms with Crippen LogP contribution >= 0.6 is 0 Å². The smallest absolute Gasteiger partial charge is 0.410 e. The number of hydrogen-bond donors (Lipinski definition) is 0. The third-order valence-electron chi connectivity index (χ3n) is 3.71. The second-order valence-corrected chi connectivity index (χ2v) is 6.46. The summed E-state index contributed by atoms with van der Waals surface area (Å²) in [6.07, 6.45) is 0.199. The summed E-state index contributed by atoms with van der Waals surface area (Å²) in [5.74, 6) is 0.401. The van der Waals surface area contributed by atoms with Gasteiger partial charge in [-0.2, -0.15) is 0 Å². The van der Waals surface area contributed by atoms with Gasteiger partial charge in [0.05, 0.1) is 0 Å². The fourth-order valence-corrected chi connectivity index (χ4v) is 2.38. The summed E-state index contributed by atoms with van der Waals surface area (Å²) in [7, 11) is 0. The van der Waals surface area contributed by atoms with Gasteiger partial charge < -0.3 is 9.64 Å². The third kappa shape index (κ3) is 3.03. The average molecular weight is 255 g/mol. The number of rotatable bonds is 2. The Hall–Kier alpha value is -1.06. The van der Waals surface area contributed by atoms with Crippen LogP contribution in [0.1, 0.15) is 48.0 Å². The van der Waals surface area contributed by atoms with Gasteiger partial charge in [0.1, 0.15) is 11.4 Å². The standard InChI is InChI=1S/C14H25NO3/c1-7-11(16)14(6)9-15(8-10(14)2)12(17)18-13(3,4)5/h10H,7-9H2,1-6H3. The quantitative estimate of drug-likeness (QED) is 0.762. The molecule has 4 heteroatoms. The lowest BCUT2D eigenvalue weighted by atomic mass is 9.76. The van der Waals surface area contributed by atoms with Crippen molar-refractivity contribution in [2.45, 2.75) is 53.6 Å². The number of carbonyl (C=O) groups excluding carboxylic acids is 2. The van der Waals surface area contributed by atoms with Crippen LogP contribution in [0.3, 0.4) is 0 Å². The summed E-state index contributed by atoms with van der Waals surface area (Å²) in [6, 6.07) is 0. The van der Waals surface area contributed by atoms with Crippen molar-refractivity contribution in [2.75, 3.05) is 13.1 Å². The lowest BCUT2D eigenvalue weighted by Gasteiger charge is -2.27. The maximum atomic E-state index is 12.0. The zero-order chi connectivity index (χ0) is 14.1. The van der Waals surface area contributed by atoms with E-state index in [1.165, 1.54) is 0 Å². The molecule has 1 aliphatic rings. The van der Waals surface area contributed by atoms with Crippen LogP contribution in [-0.4, -0.2) is 35.5 Å². The Bertz CT molecular complexity index is 345. The summed E-state index contributed by atoms with van der Waals surface area (Å²) < 4.78 is 5.35. The van der Waals surface area contributed by atoms with Gasteiger partial charge in [-0.05, 0) is 26.7 Å². The average Bonchev–Trinajstić information content (AvgIpc) is 2.53. The van der Waals surface area contributed by atoms with E-state index in [2.05, 4.69) is 0 Å². The first-order valence-electron chi connectivity index (χ1n) is 6.61. The van der Waals surface area contributed by atoms with Crippen molar-refractivity contribution in [1.29, 1.82) is 0 Å². The first-order valence-corrected chi connectivity index (χ1v) is 6.61. The molecule has 1 rings (SSSR count). The second-order valence-electron chi connectivity index (χ2n) is 6.46. The molecule has 2 unspecified atom stereocenters. The van der Waals surface area contributed by atoms with Gasteiger partial charge in [-0.25, -0.2) is 4.79 Å². The molecule has 4 nitrogen and oxygen atoms in total. The molecule has 0 aromatic rings. The molecule has 0 aliphatic carbocycles. The lowest BCUT2D eigenvalue weighted by molar-refractivity contribution is -0.128. The highest BCUT2D eigenvalue weighted by molar-refractivity contribution is 5.86. The minimum absolute atomic E-state index is 0.178. The van der Waals surface area contributed by atoms with Gasteiger partial charge in [0, 0.05) is 24.9 Å². The Morgan fingerprint density at radius 3 is 2.39 bits per heavy atom. The molecule has 0 saturated carbocycles. The van der Waals surface area contributed by atoms with Gasteiger partial charge in [0.25, 0.3) is 0 Å². The predicted molar refractivity (Wildman–Crippen MR) is 70.4 cm³/mol. The number of likely N-dealkylation sites (tertiary alicyclic amines) is 1. The van der Waals surface area contributed by atoms with E-state index in [4.69, 9.17) is 4.74 Å². The summed E-state index contributed by atoms with van der Waals surface area (Å²) in [4.78, 5) is 25.7. The van der Waals surface area contributed by atoms with Gasteiger partial charge in [-0.3, -0.25) is 4.79 Å². The van der Waals surface area contributed by atoms with E-state index in [-0.39, 0.29) is 17.8 Å². The first kappa shape index (κ1) is 15.0. The highest BCUT2D eigenvalue weighted by Crippen LogP contribution is 2.37. The number of hydrogen-bond acceptors (Lipinski definition) is 3. The number of ketones is 1. The minimum atomic E-state index is -0.492. The molecular formula is C14H25NO3. The normalized spacial score (nSPS) is 28.3. The molecule has 0 spiro atoms. The molecule has 18 heavy (non-hydrogen) atoms. The molecule has 0 N–H and O–H groups in total. The molecule has 104 valence electrons. The van der Waals surface area contributed by atoms with E-state index < -0.39 is 11.0 Å². The van der Waals surface area contributed by atoms with Crippen LogP contribution in [-0.2, 0) is 9.53 Å². The Morgan fingerprint density at radius 1 is 1.39 bits per heavy atom. The van der Waals surface area contributed by atoms with Gasteiger partial charge in [0.15, 0.2) is 0 Å².